The van der Waals surface area contributed by atoms with Gasteiger partial charge in [-0.25, -0.2) is 14.4 Å². The minimum absolute atomic E-state index is 0.243. The van der Waals surface area contributed by atoms with Gasteiger partial charge in [-0.15, -0.1) is 0 Å². The van der Waals surface area contributed by atoms with E-state index in [0.29, 0.717) is 18.1 Å². The molecule has 3 nitrogen and oxygen atoms in total. The Morgan fingerprint density at radius 1 is 1.29 bits per heavy atom. The molecule has 0 saturated heterocycles. The molecule has 0 radical (unpaired) electrons. The van der Waals surface area contributed by atoms with Crippen LogP contribution in [0.5, 0.6) is 0 Å². The van der Waals surface area contributed by atoms with Gasteiger partial charge < -0.3 is 5.32 Å². The normalized spacial score (nSPS) is 10.3. The van der Waals surface area contributed by atoms with E-state index < -0.39 is 0 Å². The quantitative estimate of drug-likeness (QED) is 0.944. The maximum absolute atomic E-state index is 13.4. The highest BCUT2D eigenvalue weighted by Gasteiger charge is 2.03. The van der Waals surface area contributed by atoms with Gasteiger partial charge in [0, 0.05) is 29.0 Å². The van der Waals surface area contributed by atoms with Gasteiger partial charge in [0.05, 0.1) is 0 Å². The Morgan fingerprint density at radius 2 is 2.00 bits per heavy atom. The second-order valence-corrected chi connectivity index (χ2v) is 4.59. The Hall–Kier alpha value is -1.49. The Labute approximate surface area is 107 Å². The van der Waals surface area contributed by atoms with Gasteiger partial charge in [-0.3, -0.25) is 0 Å². The molecule has 2 rings (SSSR count). The van der Waals surface area contributed by atoms with Gasteiger partial charge in [0.1, 0.15) is 5.82 Å². The first kappa shape index (κ1) is 12.0. The van der Waals surface area contributed by atoms with E-state index in [4.69, 9.17) is 0 Å². The van der Waals surface area contributed by atoms with Crippen LogP contribution >= 0.6 is 15.9 Å². The van der Waals surface area contributed by atoms with Crippen LogP contribution in [-0.4, -0.2) is 9.97 Å². The first-order chi connectivity index (χ1) is 8.15. The first-order valence-corrected chi connectivity index (χ1v) is 5.91. The molecule has 2 aromatic rings. The molecule has 0 saturated carbocycles. The number of nitrogens with one attached hydrogen (secondary N) is 1. The van der Waals surface area contributed by atoms with E-state index in [-0.39, 0.29) is 5.82 Å². The summed E-state index contributed by atoms with van der Waals surface area (Å²) in [6, 6.07) is 4.83. The third kappa shape index (κ3) is 3.23. The zero-order valence-corrected chi connectivity index (χ0v) is 10.8. The summed E-state index contributed by atoms with van der Waals surface area (Å²) in [7, 11) is 0. The van der Waals surface area contributed by atoms with Gasteiger partial charge in [0.15, 0.2) is 0 Å². The molecule has 0 amide bonds. The molecule has 0 aliphatic rings. The van der Waals surface area contributed by atoms with Crippen molar-refractivity contribution in [1.29, 1.82) is 0 Å². The lowest BCUT2D eigenvalue weighted by atomic mass is 10.2. The van der Waals surface area contributed by atoms with Crippen molar-refractivity contribution in [2.75, 3.05) is 5.32 Å². The SMILES string of the molecule is Cc1cnc(NCc2cc(Br)ccc2F)nc1. The number of benzene rings is 1. The number of hydrogen-bond acceptors (Lipinski definition) is 3. The van der Waals surface area contributed by atoms with Crippen LogP contribution in [-0.2, 0) is 6.54 Å². The molecule has 1 aromatic carbocycles. The lowest BCUT2D eigenvalue weighted by molar-refractivity contribution is 0.612. The minimum Gasteiger partial charge on any atom is -0.350 e. The predicted octanol–water partition coefficient (Wildman–Crippen LogP) is 3.30. The summed E-state index contributed by atoms with van der Waals surface area (Å²) >= 11 is 3.31. The van der Waals surface area contributed by atoms with Gasteiger partial charge in [-0.2, -0.15) is 0 Å². The number of nitrogens with zero attached hydrogens (tertiary/aromatic N) is 2. The van der Waals surface area contributed by atoms with Crippen LogP contribution in [0.4, 0.5) is 10.3 Å². The van der Waals surface area contributed by atoms with Crippen LogP contribution in [0.25, 0.3) is 0 Å². The van der Waals surface area contributed by atoms with Gasteiger partial charge >= 0.3 is 0 Å². The number of anilines is 1. The van der Waals surface area contributed by atoms with Crippen molar-refractivity contribution < 1.29 is 4.39 Å². The smallest absolute Gasteiger partial charge is 0.222 e. The second kappa shape index (κ2) is 5.23. The second-order valence-electron chi connectivity index (χ2n) is 3.67. The number of hydrogen-bond donors (Lipinski definition) is 1. The van der Waals surface area contributed by atoms with E-state index in [0.717, 1.165) is 10.0 Å². The Kier molecular flexibility index (Phi) is 3.68. The van der Waals surface area contributed by atoms with Gasteiger partial charge in [0.25, 0.3) is 0 Å². The summed E-state index contributed by atoms with van der Waals surface area (Å²) in [5.41, 5.74) is 1.56. The molecule has 88 valence electrons. The summed E-state index contributed by atoms with van der Waals surface area (Å²) in [4.78, 5) is 8.18. The largest absolute Gasteiger partial charge is 0.350 e. The van der Waals surface area contributed by atoms with E-state index in [1.165, 1.54) is 6.07 Å². The van der Waals surface area contributed by atoms with Gasteiger partial charge in [-0.1, -0.05) is 15.9 Å². The zero-order valence-electron chi connectivity index (χ0n) is 9.24. The molecule has 0 spiro atoms. The summed E-state index contributed by atoms with van der Waals surface area (Å²) in [5.74, 6) is 0.253. The standard InChI is InChI=1S/C12H11BrFN3/c1-8-5-15-12(16-6-8)17-7-9-4-10(13)2-3-11(9)14/h2-6H,7H2,1H3,(H,15,16,17). The van der Waals surface area contributed by atoms with Crippen molar-refractivity contribution in [1.82, 2.24) is 9.97 Å². The molecule has 1 heterocycles. The van der Waals surface area contributed by atoms with Crippen molar-refractivity contribution in [3.63, 3.8) is 0 Å². The van der Waals surface area contributed by atoms with E-state index in [2.05, 4.69) is 31.2 Å². The summed E-state index contributed by atoms with van der Waals surface area (Å²) in [5, 5.41) is 2.97. The molecule has 0 atom stereocenters. The van der Waals surface area contributed by atoms with Crippen LogP contribution < -0.4 is 5.32 Å². The molecule has 0 unspecified atom stereocenters. The Morgan fingerprint density at radius 3 is 2.71 bits per heavy atom. The molecule has 5 heteroatoms. The highest BCUT2D eigenvalue weighted by molar-refractivity contribution is 9.10. The molecule has 0 bridgehead atoms. The molecule has 17 heavy (non-hydrogen) atoms. The Bertz CT molecular complexity index is 514. The number of halogens is 2. The van der Waals surface area contributed by atoms with E-state index in [9.17, 15) is 4.39 Å². The van der Waals surface area contributed by atoms with Gasteiger partial charge in [0.2, 0.25) is 5.95 Å². The van der Waals surface area contributed by atoms with Crippen molar-refractivity contribution in [2.24, 2.45) is 0 Å². The zero-order chi connectivity index (χ0) is 12.3. The summed E-state index contributed by atoms with van der Waals surface area (Å²) in [6.07, 6.45) is 3.43. The van der Waals surface area contributed by atoms with Gasteiger partial charge in [-0.05, 0) is 30.7 Å². The molecule has 0 fully saturated rings. The van der Waals surface area contributed by atoms with Crippen LogP contribution in [0.2, 0.25) is 0 Å². The third-order valence-corrected chi connectivity index (χ3v) is 2.72. The number of aryl methyl sites for hydroxylation is 1. The summed E-state index contributed by atoms with van der Waals surface area (Å²) < 4.78 is 14.3. The minimum atomic E-state index is -0.243. The monoisotopic (exact) mass is 295 g/mol. The van der Waals surface area contributed by atoms with E-state index in [1.807, 2.05) is 6.92 Å². The van der Waals surface area contributed by atoms with E-state index >= 15 is 0 Å². The lowest BCUT2D eigenvalue weighted by Crippen LogP contribution is -2.05. The molecular weight excluding hydrogens is 285 g/mol. The molecule has 0 aliphatic heterocycles. The third-order valence-electron chi connectivity index (χ3n) is 2.23. The van der Waals surface area contributed by atoms with Crippen molar-refractivity contribution in [3.8, 4) is 0 Å². The van der Waals surface area contributed by atoms with E-state index in [1.54, 1.807) is 24.5 Å². The average molecular weight is 296 g/mol. The fraction of sp³-hybridized carbons (Fsp3) is 0.167. The van der Waals surface area contributed by atoms with Crippen LogP contribution in [0.1, 0.15) is 11.1 Å². The fourth-order valence-corrected chi connectivity index (χ4v) is 1.75. The first-order valence-electron chi connectivity index (χ1n) is 5.11. The maximum Gasteiger partial charge on any atom is 0.222 e. The lowest BCUT2D eigenvalue weighted by Gasteiger charge is -2.06. The topological polar surface area (TPSA) is 37.8 Å². The predicted molar refractivity (Wildman–Crippen MR) is 68.2 cm³/mol. The van der Waals surface area contributed by atoms with Crippen LogP contribution in [0, 0.1) is 12.7 Å². The summed E-state index contributed by atoms with van der Waals surface area (Å²) in [6.45, 7) is 2.27. The van der Waals surface area contributed by atoms with Crippen molar-refractivity contribution in [2.45, 2.75) is 13.5 Å². The fourth-order valence-electron chi connectivity index (χ4n) is 1.34. The Balaban J connectivity index is 2.07. The highest BCUT2D eigenvalue weighted by Crippen LogP contribution is 2.16. The van der Waals surface area contributed by atoms with Crippen molar-refractivity contribution in [3.05, 3.63) is 52.0 Å². The molecular formula is C12H11BrFN3. The maximum atomic E-state index is 13.4. The van der Waals surface area contributed by atoms with Crippen molar-refractivity contribution >= 4 is 21.9 Å². The van der Waals surface area contributed by atoms with Crippen LogP contribution in [0.15, 0.2) is 35.1 Å². The molecule has 0 aliphatic carbocycles. The number of aromatic nitrogens is 2. The molecule has 1 aromatic heterocycles. The highest BCUT2D eigenvalue weighted by atomic mass is 79.9. The average Bonchev–Trinajstić information content (AvgIpc) is 2.32. The van der Waals surface area contributed by atoms with Crippen LogP contribution in [0.3, 0.4) is 0 Å². The molecule has 1 N–H and O–H groups in total. The number of rotatable bonds is 3.